The number of unbranched alkanes of at least 4 members (excludes halogenated alkanes) is 24. The van der Waals surface area contributed by atoms with Crippen LogP contribution < -0.4 is 10.6 Å². The smallest absolute Gasteiger partial charge is 0.134 e. The Hall–Kier alpha value is -0.320. The first kappa shape index (κ1) is 44.7. The molecule has 0 bridgehead atoms. The Bertz CT molecular complexity index is 462. The fourth-order valence-electron chi connectivity index (χ4n) is 5.31. The predicted molar refractivity (Wildman–Crippen MR) is 188 cm³/mol. The molecule has 0 amide bonds. The minimum absolute atomic E-state index is 0.291. The van der Waals surface area contributed by atoms with Crippen LogP contribution in [0.25, 0.3) is 0 Å². The van der Waals surface area contributed by atoms with E-state index in [9.17, 15) is 0 Å². The van der Waals surface area contributed by atoms with Crippen molar-refractivity contribution in [2.75, 3.05) is 59.8 Å². The monoisotopic (exact) mass is 647 g/mol. The predicted octanol–water partition coefficient (Wildman–Crippen LogP) is 10.2. The fraction of sp³-hybridized carbons (Fsp3) is 1.00. The maximum absolute atomic E-state index is 5.61. The largest absolute Gasteiger partial charge is 0.379 e. The van der Waals surface area contributed by atoms with E-state index in [1.165, 1.54) is 154 Å². The molecule has 0 radical (unpaired) electrons. The summed E-state index contributed by atoms with van der Waals surface area (Å²) in [5.74, 6) is 0. The molecule has 0 aliphatic rings. The second kappa shape index (κ2) is 43.7. The van der Waals surface area contributed by atoms with E-state index < -0.39 is 0 Å². The highest BCUT2D eigenvalue weighted by Crippen LogP contribution is 2.13. The van der Waals surface area contributed by atoms with Gasteiger partial charge in [0, 0.05) is 19.9 Å². The molecule has 0 atom stereocenters. The molecule has 0 spiro atoms. The van der Waals surface area contributed by atoms with E-state index in [4.69, 9.17) is 29.0 Å². The summed E-state index contributed by atoms with van der Waals surface area (Å²) >= 11 is 0. The van der Waals surface area contributed by atoms with Crippen molar-refractivity contribution >= 4 is 0 Å². The summed E-state index contributed by atoms with van der Waals surface area (Å²) in [6.07, 6.45) is 35.5. The molecular weight excluding hydrogens is 568 g/mol. The molecule has 0 fully saturated rings. The van der Waals surface area contributed by atoms with Gasteiger partial charge in [0.1, 0.15) is 26.7 Å². The van der Waals surface area contributed by atoms with Crippen LogP contribution in [0.4, 0.5) is 0 Å². The Kier molecular flexibility index (Phi) is 43.4. The van der Waals surface area contributed by atoms with E-state index in [2.05, 4.69) is 24.5 Å². The normalized spacial score (nSPS) is 11.6. The lowest BCUT2D eigenvalue weighted by atomic mass is 10.0. The van der Waals surface area contributed by atoms with Crippen molar-refractivity contribution in [2.24, 2.45) is 0 Å². The van der Waals surface area contributed by atoms with Gasteiger partial charge >= 0.3 is 0 Å². The van der Waals surface area contributed by atoms with Crippen LogP contribution >= 0.6 is 0 Å². The molecule has 0 saturated heterocycles. The zero-order valence-electron chi connectivity index (χ0n) is 30.2. The second-order valence-electron chi connectivity index (χ2n) is 12.6. The highest BCUT2D eigenvalue weighted by atomic mass is 17.2. The first-order valence-corrected chi connectivity index (χ1v) is 19.5. The maximum atomic E-state index is 5.61. The minimum atomic E-state index is 0.291. The Morgan fingerprint density at radius 2 is 0.578 bits per heavy atom. The van der Waals surface area contributed by atoms with Crippen molar-refractivity contribution in [1.29, 1.82) is 0 Å². The van der Waals surface area contributed by atoms with E-state index >= 15 is 0 Å². The third kappa shape index (κ3) is 43.7. The van der Waals surface area contributed by atoms with Gasteiger partial charge in [0.05, 0.1) is 13.2 Å². The van der Waals surface area contributed by atoms with Gasteiger partial charge < -0.3 is 9.47 Å². The van der Waals surface area contributed by atoms with Crippen molar-refractivity contribution in [3.05, 3.63) is 0 Å². The lowest BCUT2D eigenvalue weighted by Crippen LogP contribution is -2.32. The molecule has 0 unspecified atom stereocenters. The molecule has 272 valence electrons. The molecule has 0 aromatic carbocycles. The third-order valence-electron chi connectivity index (χ3n) is 8.15. The first-order valence-electron chi connectivity index (χ1n) is 19.5. The molecule has 0 saturated carbocycles. The summed E-state index contributed by atoms with van der Waals surface area (Å²) < 4.78 is 11.2. The molecule has 2 N–H and O–H groups in total. The fourth-order valence-corrected chi connectivity index (χ4v) is 5.31. The van der Waals surface area contributed by atoms with Gasteiger partial charge in [-0.1, -0.05) is 168 Å². The van der Waals surface area contributed by atoms with Crippen LogP contribution in [0.15, 0.2) is 0 Å². The van der Waals surface area contributed by atoms with E-state index in [-0.39, 0.29) is 0 Å². The molecular formula is C37H78N2O6. The van der Waals surface area contributed by atoms with Crippen molar-refractivity contribution in [1.82, 2.24) is 10.6 Å². The van der Waals surface area contributed by atoms with Gasteiger partial charge in [0.15, 0.2) is 0 Å². The standard InChI is InChI=1S/C37H78N2O6/c1-3-5-7-9-11-13-15-17-19-21-23-25-27-29-40-31-33-42-44-36-38-35-39-37-45-43-34-32-41-30-28-26-24-22-20-18-16-14-12-10-8-6-4-2/h38-39H,3-37H2,1-2H3. The number of hydrogen-bond donors (Lipinski definition) is 2. The van der Waals surface area contributed by atoms with Gasteiger partial charge in [0.25, 0.3) is 0 Å². The first-order chi connectivity index (χ1) is 22.4. The summed E-state index contributed by atoms with van der Waals surface area (Å²) in [5, 5.41) is 6.09. The Balaban J connectivity index is 3.03. The van der Waals surface area contributed by atoms with Crippen molar-refractivity contribution in [3.8, 4) is 0 Å². The quantitative estimate of drug-likeness (QED) is 0.0294. The highest BCUT2D eigenvalue weighted by Gasteiger charge is 1.97. The molecule has 8 nitrogen and oxygen atoms in total. The van der Waals surface area contributed by atoms with Gasteiger partial charge in [0.2, 0.25) is 0 Å². The lowest BCUT2D eigenvalue weighted by Gasteiger charge is -2.08. The van der Waals surface area contributed by atoms with E-state index in [1.807, 2.05) is 0 Å². The topological polar surface area (TPSA) is 79.4 Å². The van der Waals surface area contributed by atoms with Gasteiger partial charge in [-0.25, -0.2) is 19.6 Å². The summed E-state index contributed by atoms with van der Waals surface area (Å²) in [6, 6.07) is 0. The van der Waals surface area contributed by atoms with Crippen molar-refractivity contribution in [2.45, 2.75) is 181 Å². The van der Waals surface area contributed by atoms with Crippen LogP contribution in [0.5, 0.6) is 0 Å². The summed E-state index contributed by atoms with van der Waals surface area (Å²) in [7, 11) is 0. The molecule has 0 aliphatic heterocycles. The number of ether oxygens (including phenoxy) is 2. The molecule has 0 aliphatic carbocycles. The SMILES string of the molecule is CCCCCCCCCCCCCCCOCCOOCNCNCOOCCOCCCCCCCCCCCCCCC. The summed E-state index contributed by atoms with van der Waals surface area (Å²) in [6.45, 7) is 9.27. The van der Waals surface area contributed by atoms with Crippen molar-refractivity contribution in [3.63, 3.8) is 0 Å². The molecule has 45 heavy (non-hydrogen) atoms. The Morgan fingerprint density at radius 1 is 0.289 bits per heavy atom. The molecule has 0 aromatic rings. The summed E-state index contributed by atoms with van der Waals surface area (Å²) in [5.41, 5.74) is 0. The number of nitrogens with one attached hydrogen (secondary N) is 2. The van der Waals surface area contributed by atoms with Crippen LogP contribution in [-0.4, -0.2) is 59.8 Å². The van der Waals surface area contributed by atoms with Crippen LogP contribution in [0, 0.1) is 0 Å². The number of rotatable bonds is 42. The van der Waals surface area contributed by atoms with Gasteiger partial charge in [-0.3, -0.25) is 10.6 Å². The zero-order valence-corrected chi connectivity index (χ0v) is 30.2. The van der Waals surface area contributed by atoms with Gasteiger partial charge in [-0.05, 0) is 12.8 Å². The maximum Gasteiger partial charge on any atom is 0.134 e. The Morgan fingerprint density at radius 3 is 0.889 bits per heavy atom. The van der Waals surface area contributed by atoms with E-state index in [0.29, 0.717) is 46.6 Å². The Labute approximate surface area is 280 Å². The molecule has 0 rings (SSSR count). The third-order valence-corrected chi connectivity index (χ3v) is 8.15. The van der Waals surface area contributed by atoms with E-state index in [0.717, 1.165) is 26.1 Å². The van der Waals surface area contributed by atoms with Gasteiger partial charge in [-0.2, -0.15) is 0 Å². The van der Waals surface area contributed by atoms with Gasteiger partial charge in [-0.15, -0.1) is 0 Å². The summed E-state index contributed by atoms with van der Waals surface area (Å²) in [4.78, 5) is 20.4. The van der Waals surface area contributed by atoms with Crippen LogP contribution in [0.3, 0.4) is 0 Å². The average molecular weight is 647 g/mol. The average Bonchev–Trinajstić information content (AvgIpc) is 3.05. The van der Waals surface area contributed by atoms with E-state index in [1.54, 1.807) is 0 Å². The molecule has 0 aromatic heterocycles. The number of hydrogen-bond acceptors (Lipinski definition) is 8. The second-order valence-corrected chi connectivity index (χ2v) is 12.6. The lowest BCUT2D eigenvalue weighted by molar-refractivity contribution is -0.307. The minimum Gasteiger partial charge on any atom is -0.379 e. The van der Waals surface area contributed by atoms with Crippen molar-refractivity contribution < 1.29 is 29.0 Å². The molecule has 8 heteroatoms. The van der Waals surface area contributed by atoms with Crippen LogP contribution in [0.2, 0.25) is 0 Å². The molecule has 0 heterocycles. The van der Waals surface area contributed by atoms with Crippen LogP contribution in [-0.2, 0) is 29.0 Å². The van der Waals surface area contributed by atoms with Crippen LogP contribution in [0.1, 0.15) is 181 Å². The highest BCUT2D eigenvalue weighted by molar-refractivity contribution is 4.50. The zero-order chi connectivity index (χ0) is 32.4.